The van der Waals surface area contributed by atoms with Crippen LogP contribution >= 0.6 is 45.5 Å². The molecule has 0 saturated carbocycles. The Hall–Kier alpha value is -0.100. The van der Waals surface area contributed by atoms with Crippen molar-refractivity contribution in [3.05, 3.63) is 54.2 Å². The molecular weight excluding hydrogens is 365 g/mol. The van der Waals surface area contributed by atoms with Crippen LogP contribution in [-0.2, 0) is 0 Å². The quantitative estimate of drug-likeness (QED) is 0.769. The van der Waals surface area contributed by atoms with Gasteiger partial charge in [-0.1, -0.05) is 29.8 Å². The Kier molecular flexibility index (Phi) is 4.47. The van der Waals surface area contributed by atoms with Crippen LogP contribution in [0.5, 0.6) is 0 Å². The summed E-state index contributed by atoms with van der Waals surface area (Å²) in [6, 6.07) is 8.52. The van der Waals surface area contributed by atoms with Gasteiger partial charge in [-0.15, -0.1) is 11.3 Å². The van der Waals surface area contributed by atoms with Crippen molar-refractivity contribution in [1.29, 1.82) is 0 Å². The second kappa shape index (κ2) is 5.69. The summed E-state index contributed by atoms with van der Waals surface area (Å²) >= 11 is 10.3. The number of halogens is 2. The van der Waals surface area contributed by atoms with Crippen molar-refractivity contribution in [2.45, 2.75) is 13.0 Å². The normalized spacial score (nSPS) is 12.7. The molecule has 4 heteroatoms. The highest BCUT2D eigenvalue weighted by Gasteiger charge is 2.19. The Morgan fingerprint density at radius 3 is 2.71 bits per heavy atom. The lowest BCUT2D eigenvalue weighted by molar-refractivity contribution is 0.700. The molecule has 0 amide bonds. The van der Waals surface area contributed by atoms with Crippen LogP contribution in [0.15, 0.2) is 29.6 Å². The van der Waals surface area contributed by atoms with Crippen molar-refractivity contribution in [3.63, 3.8) is 0 Å². The summed E-state index contributed by atoms with van der Waals surface area (Å²) < 4.78 is 1.30. The molecule has 1 unspecified atom stereocenters. The van der Waals surface area contributed by atoms with E-state index in [2.05, 4.69) is 53.0 Å². The fourth-order valence-electron chi connectivity index (χ4n) is 1.83. The third kappa shape index (κ3) is 2.67. The van der Waals surface area contributed by atoms with E-state index in [-0.39, 0.29) is 6.04 Å². The average Bonchev–Trinajstić information content (AvgIpc) is 2.72. The first kappa shape index (κ1) is 13.3. The van der Waals surface area contributed by atoms with Gasteiger partial charge in [0.1, 0.15) is 0 Å². The van der Waals surface area contributed by atoms with E-state index in [1.807, 2.05) is 18.5 Å². The van der Waals surface area contributed by atoms with Crippen molar-refractivity contribution >= 4 is 45.5 Å². The summed E-state index contributed by atoms with van der Waals surface area (Å²) in [4.78, 5) is 1.18. The molecule has 17 heavy (non-hydrogen) atoms. The maximum absolute atomic E-state index is 6.22. The molecule has 1 nitrogen and oxygen atoms in total. The van der Waals surface area contributed by atoms with E-state index >= 15 is 0 Å². The summed E-state index contributed by atoms with van der Waals surface area (Å²) in [6.07, 6.45) is 0. The van der Waals surface area contributed by atoms with Crippen molar-refractivity contribution in [3.8, 4) is 0 Å². The number of nitrogens with one attached hydrogen (secondary N) is 1. The molecule has 90 valence electrons. The third-order valence-electron chi connectivity index (χ3n) is 2.73. The van der Waals surface area contributed by atoms with Crippen LogP contribution in [-0.4, -0.2) is 7.05 Å². The Balaban J connectivity index is 2.50. The van der Waals surface area contributed by atoms with E-state index in [0.29, 0.717) is 0 Å². The summed E-state index contributed by atoms with van der Waals surface area (Å²) in [5.74, 6) is 0. The molecule has 0 saturated heterocycles. The van der Waals surface area contributed by atoms with E-state index in [0.717, 1.165) is 5.02 Å². The minimum absolute atomic E-state index is 0.175. The van der Waals surface area contributed by atoms with Gasteiger partial charge in [0.15, 0.2) is 0 Å². The van der Waals surface area contributed by atoms with E-state index in [1.165, 1.54) is 19.6 Å². The van der Waals surface area contributed by atoms with Gasteiger partial charge in [-0.3, -0.25) is 0 Å². The molecule has 0 aliphatic heterocycles. The predicted octanol–water partition coefficient (Wildman–Crippen LogP) is 4.62. The van der Waals surface area contributed by atoms with Gasteiger partial charge in [0.2, 0.25) is 0 Å². The Morgan fingerprint density at radius 1 is 1.35 bits per heavy atom. The second-order valence-electron chi connectivity index (χ2n) is 3.83. The van der Waals surface area contributed by atoms with Crippen LogP contribution in [0.4, 0.5) is 0 Å². The van der Waals surface area contributed by atoms with Gasteiger partial charge in [0.05, 0.1) is 11.1 Å². The van der Waals surface area contributed by atoms with Crippen molar-refractivity contribution in [1.82, 2.24) is 5.32 Å². The van der Waals surface area contributed by atoms with E-state index in [1.54, 1.807) is 11.3 Å². The van der Waals surface area contributed by atoms with Gasteiger partial charge in [0, 0.05) is 8.45 Å². The maximum atomic E-state index is 6.22. The zero-order valence-electron chi connectivity index (χ0n) is 9.63. The van der Waals surface area contributed by atoms with E-state index in [4.69, 9.17) is 11.6 Å². The monoisotopic (exact) mass is 377 g/mol. The fourth-order valence-corrected chi connectivity index (χ4v) is 3.80. The molecule has 1 aromatic carbocycles. The van der Waals surface area contributed by atoms with Gasteiger partial charge in [-0.05, 0) is 59.1 Å². The van der Waals surface area contributed by atoms with E-state index in [9.17, 15) is 0 Å². The highest BCUT2D eigenvalue weighted by Crippen LogP contribution is 2.35. The first-order chi connectivity index (χ1) is 8.15. The molecule has 2 aromatic rings. The Labute approximate surface area is 124 Å². The molecule has 0 bridgehead atoms. The fraction of sp³-hybridized carbons (Fsp3) is 0.231. The lowest BCUT2D eigenvalue weighted by Crippen LogP contribution is -2.18. The summed E-state index contributed by atoms with van der Waals surface area (Å²) in [6.45, 7) is 2.13. The molecule has 0 aliphatic carbocycles. The molecule has 1 N–H and O–H groups in total. The smallest absolute Gasteiger partial charge is 0.0694 e. The molecule has 0 radical (unpaired) electrons. The van der Waals surface area contributed by atoms with Crippen LogP contribution in [0.3, 0.4) is 0 Å². The maximum Gasteiger partial charge on any atom is 0.0694 e. The molecule has 0 fully saturated rings. The standard InChI is InChI=1S/C13H13ClINS/c1-8-4-3-5-9(11(8)15)12(16-2)13-10(14)6-7-17-13/h3-7,12,16H,1-2H3. The molecule has 0 spiro atoms. The van der Waals surface area contributed by atoms with Gasteiger partial charge >= 0.3 is 0 Å². The molecular formula is C13H13ClINS. The predicted molar refractivity (Wildman–Crippen MR) is 84.1 cm³/mol. The summed E-state index contributed by atoms with van der Waals surface area (Å²) in [5.41, 5.74) is 2.59. The number of rotatable bonds is 3. The SMILES string of the molecule is CNC(c1cccc(C)c1I)c1sccc1Cl. The van der Waals surface area contributed by atoms with Gasteiger partial charge in [-0.2, -0.15) is 0 Å². The lowest BCUT2D eigenvalue weighted by atomic mass is 10.0. The minimum atomic E-state index is 0.175. The minimum Gasteiger partial charge on any atom is -0.309 e. The largest absolute Gasteiger partial charge is 0.309 e. The Bertz CT molecular complexity index is 524. The number of benzene rings is 1. The lowest BCUT2D eigenvalue weighted by Gasteiger charge is -2.18. The number of hydrogen-bond acceptors (Lipinski definition) is 2. The highest BCUT2D eigenvalue weighted by atomic mass is 127. The molecule has 1 atom stereocenters. The molecule has 1 heterocycles. The topological polar surface area (TPSA) is 12.0 Å². The molecule has 0 aliphatic rings. The number of aryl methyl sites for hydroxylation is 1. The number of hydrogen-bond donors (Lipinski definition) is 1. The summed E-state index contributed by atoms with van der Waals surface area (Å²) in [5, 5.41) is 6.22. The first-order valence-electron chi connectivity index (χ1n) is 5.30. The zero-order chi connectivity index (χ0) is 12.4. The summed E-state index contributed by atoms with van der Waals surface area (Å²) in [7, 11) is 1.97. The van der Waals surface area contributed by atoms with Crippen LogP contribution in [0.1, 0.15) is 22.0 Å². The molecule has 2 rings (SSSR count). The van der Waals surface area contributed by atoms with Crippen molar-refractivity contribution in [2.75, 3.05) is 7.05 Å². The second-order valence-corrected chi connectivity index (χ2v) is 6.27. The Morgan fingerprint density at radius 2 is 2.12 bits per heavy atom. The van der Waals surface area contributed by atoms with Gasteiger partial charge < -0.3 is 5.32 Å². The van der Waals surface area contributed by atoms with Crippen LogP contribution < -0.4 is 5.32 Å². The van der Waals surface area contributed by atoms with E-state index < -0.39 is 0 Å². The van der Waals surface area contributed by atoms with Crippen molar-refractivity contribution < 1.29 is 0 Å². The first-order valence-corrected chi connectivity index (χ1v) is 7.64. The zero-order valence-corrected chi connectivity index (χ0v) is 13.4. The third-order valence-corrected chi connectivity index (χ3v) is 5.63. The van der Waals surface area contributed by atoms with Gasteiger partial charge in [0.25, 0.3) is 0 Å². The van der Waals surface area contributed by atoms with Crippen molar-refractivity contribution in [2.24, 2.45) is 0 Å². The van der Waals surface area contributed by atoms with Crippen LogP contribution in [0, 0.1) is 10.5 Å². The van der Waals surface area contributed by atoms with Crippen LogP contribution in [0.25, 0.3) is 0 Å². The molecule has 1 aromatic heterocycles. The average molecular weight is 378 g/mol. The van der Waals surface area contributed by atoms with Gasteiger partial charge in [-0.25, -0.2) is 0 Å². The highest BCUT2D eigenvalue weighted by molar-refractivity contribution is 14.1. The number of thiophene rings is 1. The van der Waals surface area contributed by atoms with Crippen LogP contribution in [0.2, 0.25) is 5.02 Å².